The van der Waals surface area contributed by atoms with E-state index in [1.165, 1.54) is 6.07 Å². The van der Waals surface area contributed by atoms with Crippen LogP contribution in [0.1, 0.15) is 30.0 Å². The van der Waals surface area contributed by atoms with Gasteiger partial charge < -0.3 is 9.66 Å². The van der Waals surface area contributed by atoms with Crippen molar-refractivity contribution < 1.29 is 18.8 Å². The van der Waals surface area contributed by atoms with Crippen LogP contribution < -0.4 is 0 Å². The van der Waals surface area contributed by atoms with Crippen LogP contribution in [-0.4, -0.2) is 21.9 Å². The summed E-state index contributed by atoms with van der Waals surface area (Å²) in [6, 6.07) is 12.1. The third-order valence-corrected chi connectivity index (χ3v) is 5.25. The molecule has 1 unspecified atom stereocenters. The first-order valence-electron chi connectivity index (χ1n) is 7.75. The van der Waals surface area contributed by atoms with E-state index in [0.717, 1.165) is 21.6 Å². The van der Waals surface area contributed by atoms with Crippen molar-refractivity contribution >= 4 is 34.4 Å². The van der Waals surface area contributed by atoms with Crippen LogP contribution in [0.25, 0.3) is 17.2 Å². The molecule has 0 aliphatic heterocycles. The third-order valence-electron chi connectivity index (χ3n) is 4.31. The Morgan fingerprint density at radius 3 is 2.52 bits per heavy atom. The van der Waals surface area contributed by atoms with Gasteiger partial charge in [0.1, 0.15) is 12.1 Å². The lowest BCUT2D eigenvalue weighted by Gasteiger charge is -2.06. The van der Waals surface area contributed by atoms with Gasteiger partial charge in [0.05, 0.1) is 6.42 Å². The van der Waals surface area contributed by atoms with Crippen LogP contribution in [0.4, 0.5) is 4.39 Å². The molecule has 25 heavy (non-hydrogen) atoms. The molecule has 1 aliphatic rings. The Labute approximate surface area is 148 Å². The molecule has 5 heteroatoms. The summed E-state index contributed by atoms with van der Waals surface area (Å²) in [7, 11) is 0. The number of rotatable bonds is 4. The molecule has 2 aromatic carbocycles. The Morgan fingerprint density at radius 2 is 1.92 bits per heavy atom. The van der Waals surface area contributed by atoms with Crippen LogP contribution >= 0.6 is 0 Å². The van der Waals surface area contributed by atoms with Gasteiger partial charge in [-0.05, 0) is 82.4 Å². The molecule has 128 valence electrons. The summed E-state index contributed by atoms with van der Waals surface area (Å²) < 4.78 is 25.8. The molecular weight excluding hydrogens is 339 g/mol. The van der Waals surface area contributed by atoms with Crippen molar-refractivity contribution in [2.24, 2.45) is 0 Å². The van der Waals surface area contributed by atoms with Crippen LogP contribution in [-0.2, 0) is 16.0 Å². The van der Waals surface area contributed by atoms with E-state index in [1.807, 2.05) is 25.1 Å². The van der Waals surface area contributed by atoms with Crippen molar-refractivity contribution in [2.45, 2.75) is 18.2 Å². The Morgan fingerprint density at radius 1 is 1.24 bits per heavy atom. The van der Waals surface area contributed by atoms with Crippen molar-refractivity contribution in [2.75, 3.05) is 6.26 Å². The zero-order valence-corrected chi connectivity index (χ0v) is 14.7. The number of carboxylic acids is 1. The van der Waals surface area contributed by atoms with E-state index < -0.39 is 23.0 Å². The first kappa shape index (κ1) is 17.5. The van der Waals surface area contributed by atoms with Crippen molar-refractivity contribution in [3.63, 3.8) is 0 Å². The molecule has 0 aromatic heterocycles. The maximum absolute atomic E-state index is 14.3. The van der Waals surface area contributed by atoms with Gasteiger partial charge >= 0.3 is 5.97 Å². The first-order chi connectivity index (χ1) is 11.9. The SMILES string of the molecule is CC1=C(CC(=O)O)c2c(F)cccc2C1=Cc1ccc([S+](C)[O-])cc1. The number of hydrogen-bond donors (Lipinski definition) is 1. The van der Waals surface area contributed by atoms with Gasteiger partial charge in [0, 0.05) is 5.56 Å². The van der Waals surface area contributed by atoms with Gasteiger partial charge in [-0.3, -0.25) is 4.79 Å². The Bertz CT molecular complexity index is 896. The predicted octanol–water partition coefficient (Wildman–Crippen LogP) is 4.37. The molecule has 0 fully saturated rings. The molecular formula is C20H17FO3S. The predicted molar refractivity (Wildman–Crippen MR) is 97.9 cm³/mol. The van der Waals surface area contributed by atoms with E-state index in [0.29, 0.717) is 16.7 Å². The third kappa shape index (κ3) is 3.38. The van der Waals surface area contributed by atoms with E-state index in [-0.39, 0.29) is 6.42 Å². The molecule has 3 rings (SSSR count). The van der Waals surface area contributed by atoms with E-state index >= 15 is 0 Å². The lowest BCUT2D eigenvalue weighted by molar-refractivity contribution is -0.135. The summed E-state index contributed by atoms with van der Waals surface area (Å²) in [6.07, 6.45) is 3.31. The van der Waals surface area contributed by atoms with Gasteiger partial charge in [-0.1, -0.05) is 12.1 Å². The fraction of sp³-hybridized carbons (Fsp3) is 0.150. The van der Waals surface area contributed by atoms with Crippen molar-refractivity contribution in [1.29, 1.82) is 0 Å². The zero-order chi connectivity index (χ0) is 18.1. The second-order valence-electron chi connectivity index (χ2n) is 5.92. The van der Waals surface area contributed by atoms with Gasteiger partial charge in [-0.15, -0.1) is 0 Å². The number of carbonyl (C=O) groups is 1. The topological polar surface area (TPSA) is 60.4 Å². The maximum Gasteiger partial charge on any atom is 0.307 e. The van der Waals surface area contributed by atoms with Gasteiger partial charge in [0.25, 0.3) is 0 Å². The Balaban J connectivity index is 2.11. The summed E-state index contributed by atoms with van der Waals surface area (Å²) in [5.74, 6) is -1.40. The van der Waals surface area contributed by atoms with Crippen LogP contribution in [0, 0.1) is 5.82 Å². The summed E-state index contributed by atoms with van der Waals surface area (Å²) in [6.45, 7) is 1.82. The zero-order valence-electron chi connectivity index (χ0n) is 13.9. The molecule has 0 heterocycles. The normalized spacial score (nSPS) is 16.2. The second kappa shape index (κ2) is 6.86. The van der Waals surface area contributed by atoms with Crippen LogP contribution in [0.3, 0.4) is 0 Å². The number of benzene rings is 2. The molecule has 1 N–H and O–H groups in total. The lowest BCUT2D eigenvalue weighted by atomic mass is 10.0. The maximum atomic E-state index is 14.3. The average molecular weight is 356 g/mol. The number of aliphatic carboxylic acids is 1. The van der Waals surface area contributed by atoms with E-state index in [1.54, 1.807) is 30.5 Å². The standard InChI is InChI=1S/C20H17FO3S/c1-12-16(10-13-6-8-14(9-7-13)25(2)24)15-4-3-5-18(21)20(15)17(12)11-19(22)23/h3-10H,11H2,1-2H3,(H,22,23). The highest BCUT2D eigenvalue weighted by Gasteiger charge is 2.27. The average Bonchev–Trinajstić information content (AvgIpc) is 2.82. The first-order valence-corrected chi connectivity index (χ1v) is 9.30. The number of carboxylic acid groups (broad SMARTS) is 1. The Hall–Kier alpha value is -2.37. The van der Waals surface area contributed by atoms with E-state index in [2.05, 4.69) is 0 Å². The minimum atomic E-state index is -1.04. The van der Waals surface area contributed by atoms with Crippen molar-refractivity contribution in [1.82, 2.24) is 0 Å². The molecule has 0 saturated heterocycles. The van der Waals surface area contributed by atoms with Crippen molar-refractivity contribution in [3.05, 3.63) is 70.5 Å². The summed E-state index contributed by atoms with van der Waals surface area (Å²) in [4.78, 5) is 11.9. The van der Waals surface area contributed by atoms with Gasteiger partial charge in [-0.25, -0.2) is 4.39 Å². The number of allylic oxidation sites excluding steroid dienone is 2. The fourth-order valence-corrected chi connectivity index (χ4v) is 3.61. The van der Waals surface area contributed by atoms with Gasteiger partial charge in [-0.2, -0.15) is 0 Å². The fourth-order valence-electron chi connectivity index (χ4n) is 3.09. The van der Waals surface area contributed by atoms with Crippen LogP contribution in [0.2, 0.25) is 0 Å². The lowest BCUT2D eigenvalue weighted by Crippen LogP contribution is -1.98. The molecule has 0 radical (unpaired) electrons. The molecule has 0 saturated carbocycles. The van der Waals surface area contributed by atoms with Crippen LogP contribution in [0.15, 0.2) is 52.9 Å². The number of fused-ring (bicyclic) bond motifs is 1. The number of hydrogen-bond acceptors (Lipinski definition) is 2. The number of halogens is 1. The van der Waals surface area contributed by atoms with E-state index in [4.69, 9.17) is 5.11 Å². The highest BCUT2D eigenvalue weighted by atomic mass is 32.2. The quantitative estimate of drug-likeness (QED) is 0.828. The molecule has 2 aromatic rings. The second-order valence-corrected chi connectivity index (χ2v) is 7.30. The van der Waals surface area contributed by atoms with E-state index in [9.17, 15) is 13.7 Å². The Kier molecular flexibility index (Phi) is 4.79. The minimum absolute atomic E-state index is 0.217. The van der Waals surface area contributed by atoms with Crippen LogP contribution in [0.5, 0.6) is 0 Å². The van der Waals surface area contributed by atoms with Gasteiger partial charge in [0.15, 0.2) is 4.90 Å². The minimum Gasteiger partial charge on any atom is -0.612 e. The summed E-state index contributed by atoms with van der Waals surface area (Å²) >= 11 is -1.04. The summed E-state index contributed by atoms with van der Waals surface area (Å²) in [5, 5.41) is 9.16. The molecule has 0 bridgehead atoms. The molecule has 3 nitrogen and oxygen atoms in total. The molecule has 0 amide bonds. The highest BCUT2D eigenvalue weighted by Crippen LogP contribution is 2.44. The molecule has 1 aliphatic carbocycles. The molecule has 1 atom stereocenters. The van der Waals surface area contributed by atoms with Crippen molar-refractivity contribution in [3.8, 4) is 0 Å². The largest absolute Gasteiger partial charge is 0.612 e. The molecule has 0 spiro atoms. The summed E-state index contributed by atoms with van der Waals surface area (Å²) in [5.41, 5.74) is 4.06. The highest BCUT2D eigenvalue weighted by molar-refractivity contribution is 7.90. The van der Waals surface area contributed by atoms with Gasteiger partial charge in [0.2, 0.25) is 0 Å². The smallest absolute Gasteiger partial charge is 0.307 e. The monoisotopic (exact) mass is 356 g/mol.